The lowest BCUT2D eigenvalue weighted by Gasteiger charge is -2.38. The maximum Gasteiger partial charge on any atom is 0.204 e. The van der Waals surface area contributed by atoms with Crippen LogP contribution >= 0.6 is 0 Å². The molecule has 0 bridgehead atoms. The molecule has 0 radical (unpaired) electrons. The first kappa shape index (κ1) is 25.5. The van der Waals surface area contributed by atoms with Crippen LogP contribution < -0.4 is 9.47 Å². The van der Waals surface area contributed by atoms with E-state index in [-0.39, 0.29) is 11.5 Å². The Kier molecular flexibility index (Phi) is 8.18. The minimum Gasteiger partial charge on any atom is -0.491 e. The Balaban J connectivity index is 1.06. The van der Waals surface area contributed by atoms with E-state index >= 15 is 0 Å². The van der Waals surface area contributed by atoms with Gasteiger partial charge in [0, 0.05) is 0 Å². The molecule has 4 heteroatoms. The van der Waals surface area contributed by atoms with E-state index in [1.54, 1.807) is 23.6 Å². The van der Waals surface area contributed by atoms with Gasteiger partial charge in [0.1, 0.15) is 0 Å². The van der Waals surface area contributed by atoms with Crippen molar-refractivity contribution in [1.29, 1.82) is 0 Å². The molecule has 2 aromatic rings. The number of ether oxygens (including phenoxy) is 2. The SMILES string of the molecule is CCOc1ccc(OCC2CCC(C3CCC(c4ccc5c(c4)CC(CC)C5)CC3)CC2)c(F)c1F. The number of hydrogen-bond acceptors (Lipinski definition) is 2. The smallest absolute Gasteiger partial charge is 0.204 e. The van der Waals surface area contributed by atoms with Crippen LogP contribution in [0.25, 0.3) is 0 Å². The molecule has 0 amide bonds. The Morgan fingerprint density at radius 1 is 0.694 bits per heavy atom. The molecule has 196 valence electrons. The molecule has 0 heterocycles. The molecule has 2 saturated carbocycles. The summed E-state index contributed by atoms with van der Waals surface area (Å²) in [6.45, 7) is 4.83. The zero-order valence-corrected chi connectivity index (χ0v) is 22.0. The van der Waals surface area contributed by atoms with E-state index < -0.39 is 11.6 Å². The highest BCUT2D eigenvalue weighted by molar-refractivity contribution is 5.38. The molecule has 36 heavy (non-hydrogen) atoms. The molecule has 5 rings (SSSR count). The topological polar surface area (TPSA) is 18.5 Å². The molecule has 0 aromatic heterocycles. The van der Waals surface area contributed by atoms with Gasteiger partial charge in [0.05, 0.1) is 13.2 Å². The van der Waals surface area contributed by atoms with Crippen LogP contribution in [0, 0.1) is 35.3 Å². The van der Waals surface area contributed by atoms with Gasteiger partial charge in [-0.25, -0.2) is 0 Å². The standard InChI is InChI=1S/C32H42F2O2/c1-3-21-17-26-13-14-27(19-28(26)18-21)25-11-9-24(10-12-25)23-7-5-22(6-8-23)20-36-30-16-15-29(35-4-2)31(33)32(30)34/h13-16,19,21-25H,3-12,17-18,20H2,1-2H3. The minimum absolute atomic E-state index is 0.00633. The lowest BCUT2D eigenvalue weighted by molar-refractivity contribution is 0.129. The van der Waals surface area contributed by atoms with Gasteiger partial charge in [0.2, 0.25) is 11.6 Å². The van der Waals surface area contributed by atoms with E-state index in [1.165, 1.54) is 69.9 Å². The largest absolute Gasteiger partial charge is 0.491 e. The molecule has 3 aliphatic carbocycles. The molecular weight excluding hydrogens is 454 g/mol. The summed E-state index contributed by atoms with van der Waals surface area (Å²) in [5, 5.41) is 0. The summed E-state index contributed by atoms with van der Waals surface area (Å²) in [6, 6.07) is 10.3. The predicted molar refractivity (Wildman–Crippen MR) is 141 cm³/mol. The summed E-state index contributed by atoms with van der Waals surface area (Å²) >= 11 is 0. The van der Waals surface area contributed by atoms with Crippen molar-refractivity contribution in [2.45, 2.75) is 90.4 Å². The summed E-state index contributed by atoms with van der Waals surface area (Å²) in [7, 11) is 0. The second-order valence-corrected chi connectivity index (χ2v) is 11.5. The third-order valence-electron chi connectivity index (χ3n) is 9.41. The number of rotatable bonds is 8. The molecule has 0 saturated heterocycles. The monoisotopic (exact) mass is 496 g/mol. The summed E-state index contributed by atoms with van der Waals surface area (Å²) in [4.78, 5) is 0. The first-order chi connectivity index (χ1) is 17.6. The number of halogens is 2. The number of benzene rings is 2. The quantitative estimate of drug-likeness (QED) is 0.364. The highest BCUT2D eigenvalue weighted by Crippen LogP contribution is 2.44. The molecule has 2 fully saturated rings. The van der Waals surface area contributed by atoms with Gasteiger partial charge in [0.25, 0.3) is 0 Å². The van der Waals surface area contributed by atoms with Crippen LogP contribution in [-0.2, 0) is 12.8 Å². The Morgan fingerprint density at radius 3 is 1.94 bits per heavy atom. The molecule has 1 atom stereocenters. The molecule has 3 aliphatic rings. The van der Waals surface area contributed by atoms with E-state index in [2.05, 4.69) is 25.1 Å². The van der Waals surface area contributed by atoms with Crippen molar-refractivity contribution < 1.29 is 18.3 Å². The fraction of sp³-hybridized carbons (Fsp3) is 0.625. The average molecular weight is 497 g/mol. The molecular formula is C32H42F2O2. The molecule has 0 aliphatic heterocycles. The van der Waals surface area contributed by atoms with Crippen LogP contribution in [0.2, 0.25) is 0 Å². The van der Waals surface area contributed by atoms with E-state index in [0.717, 1.165) is 36.5 Å². The zero-order valence-electron chi connectivity index (χ0n) is 22.0. The Hall–Kier alpha value is -2.10. The van der Waals surface area contributed by atoms with Gasteiger partial charge in [-0.15, -0.1) is 0 Å². The van der Waals surface area contributed by atoms with Crippen molar-refractivity contribution in [2.24, 2.45) is 23.7 Å². The van der Waals surface area contributed by atoms with Crippen LogP contribution in [0.3, 0.4) is 0 Å². The van der Waals surface area contributed by atoms with Crippen LogP contribution in [0.4, 0.5) is 8.78 Å². The van der Waals surface area contributed by atoms with E-state index in [9.17, 15) is 8.78 Å². The van der Waals surface area contributed by atoms with Gasteiger partial charge in [-0.1, -0.05) is 31.5 Å². The minimum atomic E-state index is -0.960. The van der Waals surface area contributed by atoms with Crippen molar-refractivity contribution in [3.63, 3.8) is 0 Å². The molecule has 2 aromatic carbocycles. The highest BCUT2D eigenvalue weighted by Gasteiger charge is 2.32. The fourth-order valence-electron chi connectivity index (χ4n) is 7.12. The van der Waals surface area contributed by atoms with Gasteiger partial charge < -0.3 is 9.47 Å². The Labute approximate surface area is 215 Å². The number of fused-ring (bicyclic) bond motifs is 1. The molecule has 0 spiro atoms. The summed E-state index contributed by atoms with van der Waals surface area (Å²) in [6.07, 6.45) is 13.9. The van der Waals surface area contributed by atoms with Crippen LogP contribution in [0.5, 0.6) is 11.5 Å². The van der Waals surface area contributed by atoms with Crippen molar-refractivity contribution >= 4 is 0 Å². The number of hydrogen-bond donors (Lipinski definition) is 0. The zero-order chi connectivity index (χ0) is 25.1. The van der Waals surface area contributed by atoms with Crippen molar-refractivity contribution in [3.8, 4) is 11.5 Å². The van der Waals surface area contributed by atoms with Crippen molar-refractivity contribution in [2.75, 3.05) is 13.2 Å². The van der Waals surface area contributed by atoms with Gasteiger partial charge in [0.15, 0.2) is 11.5 Å². The van der Waals surface area contributed by atoms with Gasteiger partial charge >= 0.3 is 0 Å². The van der Waals surface area contributed by atoms with Crippen molar-refractivity contribution in [1.82, 2.24) is 0 Å². The summed E-state index contributed by atoms with van der Waals surface area (Å²) in [5.74, 6) is 1.71. The first-order valence-corrected chi connectivity index (χ1v) is 14.4. The van der Waals surface area contributed by atoms with E-state index in [1.807, 2.05) is 0 Å². The summed E-state index contributed by atoms with van der Waals surface area (Å²) in [5.41, 5.74) is 4.80. The van der Waals surface area contributed by atoms with E-state index in [0.29, 0.717) is 19.1 Å². The first-order valence-electron chi connectivity index (χ1n) is 14.4. The highest BCUT2D eigenvalue weighted by atomic mass is 19.2. The summed E-state index contributed by atoms with van der Waals surface area (Å²) < 4.78 is 39.3. The van der Waals surface area contributed by atoms with Crippen molar-refractivity contribution in [3.05, 3.63) is 58.7 Å². The molecule has 0 N–H and O–H groups in total. The third kappa shape index (κ3) is 5.58. The van der Waals surface area contributed by atoms with Gasteiger partial charge in [-0.3, -0.25) is 0 Å². The average Bonchev–Trinajstić information content (AvgIpc) is 3.34. The van der Waals surface area contributed by atoms with Crippen LogP contribution in [-0.4, -0.2) is 13.2 Å². The second-order valence-electron chi connectivity index (χ2n) is 11.5. The maximum absolute atomic E-state index is 14.3. The normalized spacial score (nSPS) is 28.1. The molecule has 2 nitrogen and oxygen atoms in total. The second kappa shape index (κ2) is 11.5. The van der Waals surface area contributed by atoms with Gasteiger partial charge in [-0.2, -0.15) is 8.78 Å². The molecule has 1 unspecified atom stereocenters. The van der Waals surface area contributed by atoms with Crippen LogP contribution in [0.1, 0.15) is 94.2 Å². The van der Waals surface area contributed by atoms with Crippen LogP contribution in [0.15, 0.2) is 30.3 Å². The van der Waals surface area contributed by atoms with Gasteiger partial charge in [-0.05, 0) is 130 Å². The predicted octanol–water partition coefficient (Wildman–Crippen LogP) is 8.65. The fourth-order valence-corrected chi connectivity index (χ4v) is 7.12. The van der Waals surface area contributed by atoms with E-state index in [4.69, 9.17) is 9.47 Å². The lowest BCUT2D eigenvalue weighted by Crippen LogP contribution is -2.27. The lowest BCUT2D eigenvalue weighted by atomic mass is 9.68. The Bertz CT molecular complexity index is 1020. The maximum atomic E-state index is 14.3. The third-order valence-corrected chi connectivity index (χ3v) is 9.41. The Morgan fingerprint density at radius 2 is 1.31 bits per heavy atom.